The molecule has 198 valence electrons. The molecule has 7 nitrogen and oxygen atoms in total. The van der Waals surface area contributed by atoms with E-state index in [1.54, 1.807) is 0 Å². The van der Waals surface area contributed by atoms with Crippen LogP contribution in [0.15, 0.2) is 67.1 Å². The molecule has 1 aliphatic carbocycles. The highest BCUT2D eigenvalue weighted by molar-refractivity contribution is 5.99. The van der Waals surface area contributed by atoms with Crippen LogP contribution >= 0.6 is 0 Å². The zero-order valence-electron chi connectivity index (χ0n) is 22.3. The van der Waals surface area contributed by atoms with Gasteiger partial charge in [0.25, 0.3) is 0 Å². The first-order valence-electron chi connectivity index (χ1n) is 14.4. The summed E-state index contributed by atoms with van der Waals surface area (Å²) in [6.07, 6.45) is 13.9. The van der Waals surface area contributed by atoms with E-state index in [-0.39, 0.29) is 0 Å². The van der Waals surface area contributed by atoms with Crippen LogP contribution in [0.5, 0.6) is 0 Å². The normalized spacial score (nSPS) is 16.7. The van der Waals surface area contributed by atoms with Crippen LogP contribution in [-0.4, -0.2) is 38.2 Å². The maximum Gasteiger partial charge on any atom is 0.135 e. The van der Waals surface area contributed by atoms with Crippen LogP contribution < -0.4 is 10.2 Å². The Balaban J connectivity index is 1.20. The number of anilines is 2. The SMILES string of the molecule is C=C(Nc1cncc(-c2ccc3[nH]nc(-c4cc5c(N6CCCCC6)cccc5[nH]4)c3n2)c1)C1CCCCC1. The van der Waals surface area contributed by atoms with Crippen molar-refractivity contribution in [2.45, 2.75) is 51.4 Å². The van der Waals surface area contributed by atoms with Crippen molar-refractivity contribution in [3.8, 4) is 22.6 Å². The Kier molecular flexibility index (Phi) is 6.27. The summed E-state index contributed by atoms with van der Waals surface area (Å²) >= 11 is 0. The van der Waals surface area contributed by atoms with Gasteiger partial charge in [-0.3, -0.25) is 10.1 Å². The molecule has 1 aromatic carbocycles. The Morgan fingerprint density at radius 3 is 2.64 bits per heavy atom. The molecule has 3 N–H and O–H groups in total. The summed E-state index contributed by atoms with van der Waals surface area (Å²) in [6, 6.07) is 14.9. The van der Waals surface area contributed by atoms with Crippen LogP contribution in [0.2, 0.25) is 0 Å². The molecule has 7 rings (SSSR count). The second-order valence-electron chi connectivity index (χ2n) is 11.1. The summed E-state index contributed by atoms with van der Waals surface area (Å²) in [4.78, 5) is 15.7. The number of pyridine rings is 2. The van der Waals surface area contributed by atoms with Gasteiger partial charge in [-0.15, -0.1) is 0 Å². The highest BCUT2D eigenvalue weighted by atomic mass is 15.1. The Morgan fingerprint density at radius 2 is 1.77 bits per heavy atom. The summed E-state index contributed by atoms with van der Waals surface area (Å²) in [5, 5.41) is 12.6. The maximum absolute atomic E-state index is 5.06. The third-order valence-electron chi connectivity index (χ3n) is 8.44. The van der Waals surface area contributed by atoms with Crippen molar-refractivity contribution in [1.29, 1.82) is 0 Å². The third kappa shape index (κ3) is 4.67. The fourth-order valence-electron chi connectivity index (χ4n) is 6.31. The molecule has 0 radical (unpaired) electrons. The molecule has 0 unspecified atom stereocenters. The van der Waals surface area contributed by atoms with E-state index in [0.717, 1.165) is 63.7 Å². The van der Waals surface area contributed by atoms with Gasteiger partial charge in [-0.25, -0.2) is 4.98 Å². The fourth-order valence-corrected chi connectivity index (χ4v) is 6.31. The van der Waals surface area contributed by atoms with Gasteiger partial charge >= 0.3 is 0 Å². The summed E-state index contributed by atoms with van der Waals surface area (Å²) in [7, 11) is 0. The topological polar surface area (TPSA) is 85.5 Å². The number of nitrogens with zero attached hydrogens (tertiary/aromatic N) is 4. The molecule has 0 amide bonds. The zero-order chi connectivity index (χ0) is 26.2. The number of fused-ring (bicyclic) bond motifs is 2. The molecule has 0 atom stereocenters. The highest BCUT2D eigenvalue weighted by Gasteiger charge is 2.19. The van der Waals surface area contributed by atoms with E-state index >= 15 is 0 Å². The minimum Gasteiger partial charge on any atom is -0.371 e. The number of piperidine rings is 1. The van der Waals surface area contributed by atoms with E-state index in [1.165, 1.54) is 62.4 Å². The third-order valence-corrected chi connectivity index (χ3v) is 8.44. The number of H-pyrrole nitrogens is 2. The van der Waals surface area contributed by atoms with Crippen molar-refractivity contribution < 1.29 is 0 Å². The lowest BCUT2D eigenvalue weighted by atomic mass is 9.87. The first-order chi connectivity index (χ1) is 19.2. The van der Waals surface area contributed by atoms with E-state index < -0.39 is 0 Å². The summed E-state index contributed by atoms with van der Waals surface area (Å²) in [5.74, 6) is 0.539. The lowest BCUT2D eigenvalue weighted by molar-refractivity contribution is 0.405. The lowest BCUT2D eigenvalue weighted by Crippen LogP contribution is -2.29. The van der Waals surface area contributed by atoms with Gasteiger partial charge in [0, 0.05) is 47.1 Å². The van der Waals surface area contributed by atoms with Gasteiger partial charge in [0.1, 0.15) is 11.2 Å². The molecule has 4 aromatic heterocycles. The van der Waals surface area contributed by atoms with Crippen LogP contribution in [0.4, 0.5) is 11.4 Å². The number of hydrogen-bond donors (Lipinski definition) is 3. The van der Waals surface area contributed by atoms with Gasteiger partial charge in [0.2, 0.25) is 0 Å². The van der Waals surface area contributed by atoms with Crippen LogP contribution in [0.1, 0.15) is 51.4 Å². The second kappa shape index (κ2) is 10.2. The number of rotatable bonds is 6. The molecule has 1 saturated carbocycles. The van der Waals surface area contributed by atoms with Crippen molar-refractivity contribution in [3.63, 3.8) is 0 Å². The van der Waals surface area contributed by atoms with Gasteiger partial charge in [-0.2, -0.15) is 5.10 Å². The van der Waals surface area contributed by atoms with Crippen LogP contribution in [0.3, 0.4) is 0 Å². The number of aromatic amines is 2. The second-order valence-corrected chi connectivity index (χ2v) is 11.1. The standard InChI is InChI=1S/C32H35N7/c1-21(22-9-4-2-5-10-22)34-24-17-23(19-33-20-24)26-13-14-28-31(36-26)32(38-37-28)29-18-25-27(35-29)11-8-12-30(25)39-15-6-3-7-16-39/h8,11-14,17-20,22,34-35H,1-7,9-10,15-16H2,(H,37,38). The van der Waals surface area contributed by atoms with Gasteiger partial charge < -0.3 is 15.2 Å². The highest BCUT2D eigenvalue weighted by Crippen LogP contribution is 2.35. The molecule has 2 aliphatic rings. The Bertz CT molecular complexity index is 1630. The molecule has 0 spiro atoms. The minimum atomic E-state index is 0.539. The predicted molar refractivity (Wildman–Crippen MR) is 160 cm³/mol. The Labute approximate surface area is 228 Å². The van der Waals surface area contributed by atoms with E-state index in [0.29, 0.717) is 5.92 Å². The zero-order valence-corrected chi connectivity index (χ0v) is 22.3. The van der Waals surface area contributed by atoms with Gasteiger partial charge in [-0.1, -0.05) is 31.9 Å². The largest absolute Gasteiger partial charge is 0.371 e. The first kappa shape index (κ1) is 23.9. The van der Waals surface area contributed by atoms with E-state index in [4.69, 9.17) is 4.98 Å². The minimum absolute atomic E-state index is 0.539. The number of hydrogen-bond acceptors (Lipinski definition) is 5. The van der Waals surface area contributed by atoms with Crippen molar-refractivity contribution in [3.05, 3.63) is 67.1 Å². The monoisotopic (exact) mass is 517 g/mol. The van der Waals surface area contributed by atoms with Crippen molar-refractivity contribution >= 4 is 33.3 Å². The van der Waals surface area contributed by atoms with Gasteiger partial charge in [0.05, 0.1) is 28.8 Å². The molecule has 1 aliphatic heterocycles. The van der Waals surface area contributed by atoms with E-state index in [9.17, 15) is 0 Å². The molecule has 1 saturated heterocycles. The quantitative estimate of drug-likeness (QED) is 0.215. The molecule has 0 bridgehead atoms. The van der Waals surface area contributed by atoms with Crippen molar-refractivity contribution in [1.82, 2.24) is 25.1 Å². The molecule has 39 heavy (non-hydrogen) atoms. The van der Waals surface area contributed by atoms with Gasteiger partial charge in [-0.05, 0) is 74.4 Å². The average molecular weight is 518 g/mol. The summed E-state index contributed by atoms with van der Waals surface area (Å²) in [5.41, 5.74) is 9.89. The maximum atomic E-state index is 5.06. The summed E-state index contributed by atoms with van der Waals surface area (Å²) < 4.78 is 0. The molecule has 5 heterocycles. The summed E-state index contributed by atoms with van der Waals surface area (Å²) in [6.45, 7) is 6.57. The molecule has 2 fully saturated rings. The molecular weight excluding hydrogens is 482 g/mol. The number of benzene rings is 1. The number of nitrogens with one attached hydrogen (secondary N) is 3. The fraction of sp³-hybridized carbons (Fsp3) is 0.344. The molecule has 7 heteroatoms. The molecule has 5 aromatic rings. The van der Waals surface area contributed by atoms with Crippen LogP contribution in [-0.2, 0) is 0 Å². The van der Waals surface area contributed by atoms with Crippen LogP contribution in [0, 0.1) is 5.92 Å². The number of allylic oxidation sites excluding steroid dienone is 1. The predicted octanol–water partition coefficient (Wildman–Crippen LogP) is 7.66. The number of aromatic nitrogens is 5. The van der Waals surface area contributed by atoms with E-state index in [1.807, 2.05) is 18.5 Å². The average Bonchev–Trinajstić information content (AvgIpc) is 3.62. The first-order valence-corrected chi connectivity index (χ1v) is 14.4. The lowest BCUT2D eigenvalue weighted by Gasteiger charge is -2.29. The molecular formula is C32H35N7. The van der Waals surface area contributed by atoms with Crippen molar-refractivity contribution in [2.75, 3.05) is 23.3 Å². The Morgan fingerprint density at radius 1 is 0.923 bits per heavy atom. The van der Waals surface area contributed by atoms with E-state index in [2.05, 4.69) is 73.4 Å². The Hall–Kier alpha value is -4.13. The smallest absolute Gasteiger partial charge is 0.135 e. The van der Waals surface area contributed by atoms with Gasteiger partial charge in [0.15, 0.2) is 0 Å². The van der Waals surface area contributed by atoms with Crippen LogP contribution in [0.25, 0.3) is 44.6 Å². The van der Waals surface area contributed by atoms with Crippen molar-refractivity contribution in [2.24, 2.45) is 5.92 Å².